The van der Waals surface area contributed by atoms with Gasteiger partial charge in [0.15, 0.2) is 0 Å². The fourth-order valence-electron chi connectivity index (χ4n) is 3.36. The molecule has 1 amide bonds. The molecular weight excluding hydrogens is 394 g/mol. The van der Waals surface area contributed by atoms with Gasteiger partial charge in [-0.25, -0.2) is 4.98 Å². The molecule has 0 spiro atoms. The lowest BCUT2D eigenvalue weighted by atomic mass is 10.2. The molecule has 2 aromatic heterocycles. The van der Waals surface area contributed by atoms with Gasteiger partial charge in [-0.1, -0.05) is 30.0 Å². The highest BCUT2D eigenvalue weighted by Gasteiger charge is 2.30. The summed E-state index contributed by atoms with van der Waals surface area (Å²) in [5.74, 6) is 0.446. The Morgan fingerprint density at radius 2 is 1.89 bits per heavy atom. The molecule has 0 saturated carbocycles. The number of hydrogen-bond donors (Lipinski definition) is 0. The van der Waals surface area contributed by atoms with Crippen molar-refractivity contribution >= 4 is 51.7 Å². The average Bonchev–Trinajstić information content (AvgIpc) is 2.92. The van der Waals surface area contributed by atoms with E-state index in [1.54, 1.807) is 23.7 Å². The van der Waals surface area contributed by atoms with Gasteiger partial charge in [-0.2, -0.15) is 0 Å². The van der Waals surface area contributed by atoms with Crippen molar-refractivity contribution in [2.75, 3.05) is 45.2 Å². The maximum atomic E-state index is 13.3. The van der Waals surface area contributed by atoms with Gasteiger partial charge < -0.3 is 9.80 Å². The van der Waals surface area contributed by atoms with Crippen molar-refractivity contribution in [3.05, 3.63) is 44.7 Å². The number of thioether (sulfide) groups is 1. The number of carbonyl (C=O) groups excluding carboxylic acids is 1. The zero-order chi connectivity index (χ0) is 20.0. The predicted octanol–water partition coefficient (Wildman–Crippen LogP) is 1.59. The number of nitrogens with zero attached hydrogens (tertiary/aromatic N) is 5. The summed E-state index contributed by atoms with van der Waals surface area (Å²) in [4.78, 5) is 36.9. The van der Waals surface area contributed by atoms with Crippen LogP contribution in [0.1, 0.15) is 11.1 Å². The first-order valence-corrected chi connectivity index (χ1v) is 10.3. The minimum absolute atomic E-state index is 0.177. The lowest BCUT2D eigenvalue weighted by molar-refractivity contribution is -0.121. The Morgan fingerprint density at radius 3 is 2.54 bits per heavy atom. The van der Waals surface area contributed by atoms with E-state index in [1.165, 1.54) is 16.7 Å². The van der Waals surface area contributed by atoms with Crippen LogP contribution >= 0.6 is 24.0 Å². The molecule has 0 atom stereocenters. The fraction of sp³-hybridized carbons (Fsp3) is 0.368. The molecule has 146 valence electrons. The molecular formula is C19H21N5O2S2. The minimum Gasteiger partial charge on any atom is -0.353 e. The molecule has 0 aliphatic carbocycles. The third kappa shape index (κ3) is 3.23. The van der Waals surface area contributed by atoms with Crippen LogP contribution in [0, 0.1) is 6.92 Å². The standard InChI is InChI=1S/C19H21N5O2S2/c1-12-5-4-6-24-15(12)20-16(23-9-7-21(2)8-10-23)13(17(24)25)11-14-18(26)22(3)19(27)28-14/h4-6,11H,7-10H2,1-3H3. The number of aryl methyl sites for hydroxylation is 1. The summed E-state index contributed by atoms with van der Waals surface area (Å²) in [5, 5.41) is 0. The van der Waals surface area contributed by atoms with Crippen LogP contribution in [0.5, 0.6) is 0 Å². The molecule has 2 fully saturated rings. The Bertz CT molecular complexity index is 1070. The maximum Gasteiger partial charge on any atom is 0.267 e. The van der Waals surface area contributed by atoms with Crippen molar-refractivity contribution in [2.45, 2.75) is 6.92 Å². The zero-order valence-electron chi connectivity index (χ0n) is 16.0. The first-order valence-electron chi connectivity index (χ1n) is 9.04. The van der Waals surface area contributed by atoms with Crippen molar-refractivity contribution in [1.82, 2.24) is 19.2 Å². The SMILES string of the molecule is Cc1cccn2c(=O)c(C=C3SC(=S)N(C)C3=O)c(N3CCN(C)CC3)nc12. The van der Waals surface area contributed by atoms with E-state index in [-0.39, 0.29) is 11.5 Å². The van der Waals surface area contributed by atoms with E-state index < -0.39 is 0 Å². The molecule has 4 heterocycles. The summed E-state index contributed by atoms with van der Waals surface area (Å²) in [5.41, 5.74) is 1.83. The highest BCUT2D eigenvalue weighted by Crippen LogP contribution is 2.32. The smallest absolute Gasteiger partial charge is 0.267 e. The van der Waals surface area contributed by atoms with E-state index in [2.05, 4.69) is 16.8 Å². The van der Waals surface area contributed by atoms with Gasteiger partial charge in [0.25, 0.3) is 11.5 Å². The van der Waals surface area contributed by atoms with Gasteiger partial charge in [0, 0.05) is 39.4 Å². The number of carbonyl (C=O) groups is 1. The molecule has 4 rings (SSSR count). The van der Waals surface area contributed by atoms with Crippen LogP contribution < -0.4 is 10.5 Å². The molecule has 9 heteroatoms. The highest BCUT2D eigenvalue weighted by atomic mass is 32.2. The van der Waals surface area contributed by atoms with Gasteiger partial charge >= 0.3 is 0 Å². The van der Waals surface area contributed by atoms with E-state index in [0.717, 1.165) is 31.7 Å². The summed E-state index contributed by atoms with van der Waals surface area (Å²) < 4.78 is 2.04. The molecule has 28 heavy (non-hydrogen) atoms. The molecule has 7 nitrogen and oxygen atoms in total. The first kappa shape index (κ1) is 19.1. The number of rotatable bonds is 2. The van der Waals surface area contributed by atoms with Crippen molar-refractivity contribution in [3.63, 3.8) is 0 Å². The van der Waals surface area contributed by atoms with E-state index in [1.807, 2.05) is 19.1 Å². The summed E-state index contributed by atoms with van der Waals surface area (Å²) >= 11 is 6.44. The van der Waals surface area contributed by atoms with Crippen molar-refractivity contribution in [1.29, 1.82) is 0 Å². The van der Waals surface area contributed by atoms with Crippen molar-refractivity contribution in [3.8, 4) is 0 Å². The lowest BCUT2D eigenvalue weighted by Gasteiger charge is -2.34. The second kappa shape index (κ2) is 7.31. The van der Waals surface area contributed by atoms with Crippen LogP contribution in [0.25, 0.3) is 11.7 Å². The Balaban J connectivity index is 1.92. The highest BCUT2D eigenvalue weighted by molar-refractivity contribution is 8.26. The average molecular weight is 416 g/mol. The Morgan fingerprint density at radius 1 is 1.18 bits per heavy atom. The zero-order valence-corrected chi connectivity index (χ0v) is 17.6. The molecule has 2 aliphatic rings. The number of pyridine rings is 1. The largest absolute Gasteiger partial charge is 0.353 e. The molecule has 0 unspecified atom stereocenters. The normalized spacial score (nSPS) is 20.0. The Kier molecular flexibility index (Phi) is 4.98. The van der Waals surface area contributed by atoms with E-state index in [9.17, 15) is 9.59 Å². The van der Waals surface area contributed by atoms with Crippen LogP contribution in [0.4, 0.5) is 5.82 Å². The third-order valence-corrected chi connectivity index (χ3v) is 6.61. The Labute approximate surface area is 172 Å². The van der Waals surface area contributed by atoms with Gasteiger partial charge in [-0.05, 0) is 31.7 Å². The summed E-state index contributed by atoms with van der Waals surface area (Å²) in [6, 6.07) is 3.77. The number of hydrogen-bond acceptors (Lipinski definition) is 7. The quantitative estimate of drug-likeness (QED) is 0.545. The number of likely N-dealkylation sites (N-methyl/N-ethyl adjacent to an activating group) is 2. The van der Waals surface area contributed by atoms with Crippen molar-refractivity contribution in [2.24, 2.45) is 0 Å². The molecule has 2 saturated heterocycles. The molecule has 0 N–H and O–H groups in total. The van der Waals surface area contributed by atoms with Gasteiger partial charge in [0.1, 0.15) is 15.8 Å². The topological polar surface area (TPSA) is 61.2 Å². The predicted molar refractivity (Wildman–Crippen MR) is 117 cm³/mol. The monoisotopic (exact) mass is 415 g/mol. The Hall–Kier alpha value is -2.23. The molecule has 0 bridgehead atoms. The van der Waals surface area contributed by atoms with Crippen LogP contribution in [0.2, 0.25) is 0 Å². The van der Waals surface area contributed by atoms with Crippen molar-refractivity contribution < 1.29 is 4.79 Å². The summed E-state index contributed by atoms with van der Waals surface area (Å²) in [6.45, 7) is 5.29. The van der Waals surface area contributed by atoms with Gasteiger partial charge in [0.05, 0.1) is 10.5 Å². The van der Waals surface area contributed by atoms with E-state index in [0.29, 0.717) is 26.3 Å². The van der Waals surface area contributed by atoms with Crippen LogP contribution in [0.15, 0.2) is 28.0 Å². The van der Waals surface area contributed by atoms with Crippen LogP contribution in [-0.2, 0) is 4.79 Å². The second-order valence-corrected chi connectivity index (χ2v) is 8.75. The van der Waals surface area contributed by atoms with Gasteiger partial charge in [-0.15, -0.1) is 0 Å². The number of piperazine rings is 1. The fourth-order valence-corrected chi connectivity index (χ4v) is 4.52. The number of aromatic nitrogens is 2. The number of amides is 1. The molecule has 2 aromatic rings. The van der Waals surface area contributed by atoms with E-state index >= 15 is 0 Å². The molecule has 2 aliphatic heterocycles. The number of anilines is 1. The summed E-state index contributed by atoms with van der Waals surface area (Å²) in [7, 11) is 3.73. The van der Waals surface area contributed by atoms with E-state index in [4.69, 9.17) is 17.2 Å². The van der Waals surface area contributed by atoms with Gasteiger partial charge in [-0.3, -0.25) is 18.9 Å². The number of thiocarbonyl (C=S) groups is 1. The first-order chi connectivity index (χ1) is 13.4. The molecule has 0 aromatic carbocycles. The van der Waals surface area contributed by atoms with Crippen LogP contribution in [0.3, 0.4) is 0 Å². The minimum atomic E-state index is -0.187. The number of fused-ring (bicyclic) bond motifs is 1. The lowest BCUT2D eigenvalue weighted by Crippen LogP contribution is -2.45. The van der Waals surface area contributed by atoms with Gasteiger partial charge in [0.2, 0.25) is 0 Å². The third-order valence-electron chi connectivity index (χ3n) is 5.13. The maximum absolute atomic E-state index is 13.3. The summed E-state index contributed by atoms with van der Waals surface area (Å²) in [6.07, 6.45) is 3.37. The second-order valence-electron chi connectivity index (χ2n) is 7.07. The van der Waals surface area contributed by atoms with Crippen LogP contribution in [-0.4, -0.2) is 69.7 Å². The molecule has 0 radical (unpaired) electrons.